The average molecular weight is 432 g/mol. The lowest BCUT2D eigenvalue weighted by Crippen LogP contribution is -1.87. The Morgan fingerprint density at radius 2 is 1.34 bits per heavy atom. The van der Waals surface area contributed by atoms with Crippen LogP contribution in [0.25, 0.3) is 55.4 Å². The molecule has 0 fully saturated rings. The van der Waals surface area contributed by atoms with Gasteiger partial charge in [-0.05, 0) is 41.0 Å². The zero-order valence-electron chi connectivity index (χ0n) is 17.1. The minimum atomic E-state index is 0.629. The highest BCUT2D eigenvalue weighted by Gasteiger charge is 2.15. The molecule has 0 atom stereocenters. The van der Waals surface area contributed by atoms with Crippen LogP contribution in [0, 0.1) is 0 Å². The van der Waals surface area contributed by atoms with Crippen LogP contribution in [-0.2, 0) is 0 Å². The van der Waals surface area contributed by atoms with E-state index in [0.717, 1.165) is 49.9 Å². The van der Waals surface area contributed by atoms with Crippen molar-refractivity contribution in [3.05, 3.63) is 114 Å². The van der Waals surface area contributed by atoms with Gasteiger partial charge in [0.25, 0.3) is 0 Å². The summed E-state index contributed by atoms with van der Waals surface area (Å²) >= 11 is 6.49. The number of hydrogen-bond acceptors (Lipinski definition) is 2. The Labute approximate surface area is 190 Å². The van der Waals surface area contributed by atoms with Crippen molar-refractivity contribution < 1.29 is 4.42 Å². The summed E-state index contributed by atoms with van der Waals surface area (Å²) in [6, 6.07) is 35.1. The Bertz CT molecular complexity index is 1570. The fourth-order valence-corrected chi connectivity index (χ4v) is 4.45. The van der Waals surface area contributed by atoms with Crippen LogP contribution < -0.4 is 0 Å². The van der Waals surface area contributed by atoms with E-state index in [1.54, 1.807) is 6.20 Å². The van der Waals surface area contributed by atoms with Gasteiger partial charge in [-0.3, -0.25) is 4.98 Å². The van der Waals surface area contributed by atoms with E-state index < -0.39 is 0 Å². The summed E-state index contributed by atoms with van der Waals surface area (Å²) in [5.41, 5.74) is 7.81. The Balaban J connectivity index is 1.53. The Hall–Kier alpha value is -3.88. The fourth-order valence-electron chi connectivity index (χ4n) is 4.24. The molecule has 32 heavy (non-hydrogen) atoms. The molecule has 3 heteroatoms. The van der Waals surface area contributed by atoms with E-state index in [0.29, 0.717) is 5.02 Å². The van der Waals surface area contributed by atoms with Crippen molar-refractivity contribution in [3.63, 3.8) is 0 Å². The topological polar surface area (TPSA) is 26.0 Å². The van der Waals surface area contributed by atoms with Crippen LogP contribution in [0.1, 0.15) is 0 Å². The molecule has 0 saturated carbocycles. The Morgan fingerprint density at radius 1 is 0.594 bits per heavy atom. The highest BCUT2D eigenvalue weighted by Crippen LogP contribution is 2.38. The summed E-state index contributed by atoms with van der Waals surface area (Å²) in [5, 5.41) is 2.80. The molecule has 0 aliphatic heterocycles. The summed E-state index contributed by atoms with van der Waals surface area (Å²) in [4.78, 5) is 4.63. The number of fused-ring (bicyclic) bond motifs is 3. The van der Waals surface area contributed by atoms with Crippen LogP contribution in [0.5, 0.6) is 0 Å². The van der Waals surface area contributed by atoms with E-state index >= 15 is 0 Å². The van der Waals surface area contributed by atoms with Gasteiger partial charge in [0, 0.05) is 28.1 Å². The number of benzene rings is 4. The predicted molar refractivity (Wildman–Crippen MR) is 133 cm³/mol. The number of nitrogens with zero attached hydrogens (tertiary/aromatic N) is 1. The third-order valence-electron chi connectivity index (χ3n) is 5.82. The molecule has 6 rings (SSSR count). The van der Waals surface area contributed by atoms with Gasteiger partial charge < -0.3 is 4.42 Å². The molecule has 6 aromatic rings. The fraction of sp³-hybridized carbons (Fsp3) is 0. The summed E-state index contributed by atoms with van der Waals surface area (Å²) in [6.45, 7) is 0. The Kier molecular flexibility index (Phi) is 4.52. The van der Waals surface area contributed by atoms with E-state index in [-0.39, 0.29) is 0 Å². The summed E-state index contributed by atoms with van der Waals surface area (Å²) < 4.78 is 6.40. The lowest BCUT2D eigenvalue weighted by Gasteiger charge is -2.08. The van der Waals surface area contributed by atoms with Gasteiger partial charge in [-0.2, -0.15) is 0 Å². The number of para-hydroxylation sites is 1. The molecule has 0 unspecified atom stereocenters. The summed E-state index contributed by atoms with van der Waals surface area (Å²) in [7, 11) is 0. The molecule has 0 amide bonds. The van der Waals surface area contributed by atoms with Gasteiger partial charge >= 0.3 is 0 Å². The van der Waals surface area contributed by atoms with E-state index in [1.165, 1.54) is 5.56 Å². The molecule has 0 aliphatic carbocycles. The molecule has 0 bridgehead atoms. The first-order valence-corrected chi connectivity index (χ1v) is 10.9. The maximum absolute atomic E-state index is 6.49. The lowest BCUT2D eigenvalue weighted by atomic mass is 10.0. The molecule has 0 N–H and O–H groups in total. The highest BCUT2D eigenvalue weighted by molar-refractivity contribution is 6.33. The molecular weight excluding hydrogens is 414 g/mol. The van der Waals surface area contributed by atoms with Gasteiger partial charge in [0.15, 0.2) is 0 Å². The number of pyridine rings is 1. The van der Waals surface area contributed by atoms with E-state index in [2.05, 4.69) is 59.6 Å². The lowest BCUT2D eigenvalue weighted by molar-refractivity contribution is 0.670. The van der Waals surface area contributed by atoms with Crippen LogP contribution >= 0.6 is 11.6 Å². The average Bonchev–Trinajstić information content (AvgIpc) is 3.23. The molecule has 0 aliphatic rings. The maximum atomic E-state index is 6.49. The maximum Gasteiger partial charge on any atom is 0.144 e. The van der Waals surface area contributed by atoms with Gasteiger partial charge in [-0.1, -0.05) is 90.5 Å². The third kappa shape index (κ3) is 3.17. The zero-order chi connectivity index (χ0) is 21.5. The van der Waals surface area contributed by atoms with Crippen molar-refractivity contribution in [2.45, 2.75) is 0 Å². The van der Waals surface area contributed by atoms with Gasteiger partial charge in [0.1, 0.15) is 11.2 Å². The van der Waals surface area contributed by atoms with Gasteiger partial charge in [-0.15, -0.1) is 0 Å². The first kappa shape index (κ1) is 18.9. The quantitative estimate of drug-likeness (QED) is 0.280. The van der Waals surface area contributed by atoms with Crippen LogP contribution in [0.15, 0.2) is 114 Å². The van der Waals surface area contributed by atoms with Crippen molar-refractivity contribution in [1.29, 1.82) is 0 Å². The summed E-state index contributed by atoms with van der Waals surface area (Å²) in [6.07, 6.45) is 1.72. The number of hydrogen-bond donors (Lipinski definition) is 0. The standard InChI is InChI=1S/C29H18ClNO/c30-26-18-31-27(17-25(26)20-10-5-2-6-11-20)24-13-7-12-23-22-15-14-21(16-28(22)32-29(23)24)19-8-3-1-4-9-19/h1-18H. The number of halogens is 1. The second kappa shape index (κ2) is 7.67. The molecule has 152 valence electrons. The molecule has 2 nitrogen and oxygen atoms in total. The van der Waals surface area contributed by atoms with E-state index in [1.807, 2.05) is 48.5 Å². The molecule has 2 heterocycles. The van der Waals surface area contributed by atoms with Crippen molar-refractivity contribution >= 4 is 33.5 Å². The third-order valence-corrected chi connectivity index (χ3v) is 6.12. The van der Waals surface area contributed by atoms with E-state index in [9.17, 15) is 0 Å². The van der Waals surface area contributed by atoms with Crippen molar-refractivity contribution in [2.24, 2.45) is 0 Å². The molecular formula is C29H18ClNO. The minimum Gasteiger partial charge on any atom is -0.455 e. The molecule has 0 radical (unpaired) electrons. The summed E-state index contributed by atoms with van der Waals surface area (Å²) in [5.74, 6) is 0. The van der Waals surface area contributed by atoms with Crippen molar-refractivity contribution in [1.82, 2.24) is 4.98 Å². The zero-order valence-corrected chi connectivity index (χ0v) is 17.9. The van der Waals surface area contributed by atoms with Gasteiger partial charge in [0.05, 0.1) is 10.7 Å². The number of aromatic nitrogens is 1. The van der Waals surface area contributed by atoms with E-state index in [4.69, 9.17) is 16.0 Å². The van der Waals surface area contributed by atoms with Crippen LogP contribution in [-0.4, -0.2) is 4.98 Å². The van der Waals surface area contributed by atoms with Crippen LogP contribution in [0.2, 0.25) is 5.02 Å². The van der Waals surface area contributed by atoms with Gasteiger partial charge in [0.2, 0.25) is 0 Å². The monoisotopic (exact) mass is 431 g/mol. The van der Waals surface area contributed by atoms with Crippen LogP contribution in [0.4, 0.5) is 0 Å². The first-order chi connectivity index (χ1) is 15.8. The highest BCUT2D eigenvalue weighted by atomic mass is 35.5. The first-order valence-electron chi connectivity index (χ1n) is 10.5. The minimum absolute atomic E-state index is 0.629. The van der Waals surface area contributed by atoms with Crippen molar-refractivity contribution in [3.8, 4) is 33.5 Å². The second-order valence-electron chi connectivity index (χ2n) is 7.78. The van der Waals surface area contributed by atoms with Crippen molar-refractivity contribution in [2.75, 3.05) is 0 Å². The molecule has 0 spiro atoms. The van der Waals surface area contributed by atoms with Gasteiger partial charge in [-0.25, -0.2) is 0 Å². The normalized spacial score (nSPS) is 11.3. The molecule has 2 aromatic heterocycles. The number of rotatable bonds is 3. The Morgan fingerprint density at radius 3 is 2.12 bits per heavy atom. The SMILES string of the molecule is Clc1cnc(-c2cccc3c2oc2cc(-c4ccccc4)ccc23)cc1-c1ccccc1. The predicted octanol–water partition coefficient (Wildman–Crippen LogP) is 8.64. The largest absolute Gasteiger partial charge is 0.455 e. The molecule has 0 saturated heterocycles. The second-order valence-corrected chi connectivity index (χ2v) is 8.18. The molecule has 4 aromatic carbocycles. The number of furan rings is 1. The smallest absolute Gasteiger partial charge is 0.144 e. The van der Waals surface area contributed by atoms with Crippen LogP contribution in [0.3, 0.4) is 0 Å².